The maximum atomic E-state index is 13.4. The van der Waals surface area contributed by atoms with Gasteiger partial charge in [-0.25, -0.2) is 4.98 Å². The summed E-state index contributed by atoms with van der Waals surface area (Å²) in [4.78, 5) is 17.7. The van der Waals surface area contributed by atoms with Crippen LogP contribution < -0.4 is 4.74 Å². The third kappa shape index (κ3) is 4.56. The number of aryl methyl sites for hydroxylation is 2. The molecule has 0 N–H and O–H groups in total. The quantitative estimate of drug-likeness (QED) is 0.346. The number of Topliss-reactive ketones (excluding diaryl/α,β-unsaturated/α-hetero) is 1. The van der Waals surface area contributed by atoms with Crippen molar-refractivity contribution in [2.24, 2.45) is 18.4 Å². The second kappa shape index (κ2) is 9.06. The monoisotopic (exact) mass is 491 g/mol. The Kier molecular flexibility index (Phi) is 6.46. The largest absolute Gasteiger partial charge is 0.439 e. The number of ether oxygens (including phenoxy) is 1. The lowest BCUT2D eigenvalue weighted by Gasteiger charge is -2.46. The van der Waals surface area contributed by atoms with Gasteiger partial charge in [0.1, 0.15) is 11.4 Å². The van der Waals surface area contributed by atoms with Crippen LogP contribution >= 0.6 is 11.6 Å². The molecular weight excluding hydrogens is 467 g/mol. The van der Waals surface area contributed by atoms with Crippen LogP contribution in [-0.4, -0.2) is 20.5 Å². The number of halogens is 4. The van der Waals surface area contributed by atoms with Gasteiger partial charge in [-0.3, -0.25) is 9.48 Å². The molecule has 2 aromatic heterocycles. The lowest BCUT2D eigenvalue weighted by atomic mass is 9.57. The molecule has 9 heteroatoms. The van der Waals surface area contributed by atoms with E-state index in [1.54, 1.807) is 24.0 Å². The van der Waals surface area contributed by atoms with Gasteiger partial charge in [0.05, 0.1) is 16.3 Å². The van der Waals surface area contributed by atoms with Gasteiger partial charge in [-0.2, -0.15) is 18.3 Å². The number of nitrogens with zero attached hydrogens (tertiary/aromatic N) is 3. The van der Waals surface area contributed by atoms with E-state index in [0.717, 1.165) is 36.2 Å². The second-order valence-corrected chi connectivity index (χ2v) is 9.28. The number of benzene rings is 1. The number of hydrogen-bond donors (Lipinski definition) is 0. The molecule has 0 amide bonds. The molecule has 4 rings (SSSR count). The number of alkyl halides is 3. The van der Waals surface area contributed by atoms with Gasteiger partial charge < -0.3 is 4.74 Å². The molecule has 0 saturated heterocycles. The molecule has 0 bridgehead atoms. The van der Waals surface area contributed by atoms with E-state index in [1.165, 1.54) is 12.1 Å². The lowest BCUT2D eigenvalue weighted by molar-refractivity contribution is -0.137. The normalized spacial score (nSPS) is 20.1. The molecule has 0 radical (unpaired) electrons. The number of rotatable bonds is 7. The van der Waals surface area contributed by atoms with Crippen LogP contribution in [0.2, 0.25) is 5.02 Å². The van der Waals surface area contributed by atoms with E-state index in [1.807, 2.05) is 19.9 Å². The van der Waals surface area contributed by atoms with Crippen LogP contribution in [-0.2, 0) is 26.1 Å². The minimum absolute atomic E-state index is 0.0127. The highest BCUT2D eigenvalue weighted by Gasteiger charge is 2.50. The fraction of sp³-hybridized carbons (Fsp3) is 0.400. The van der Waals surface area contributed by atoms with Gasteiger partial charge in [0.15, 0.2) is 5.78 Å². The SMILES string of the molecule is CCc1nn(C)c(C(=O)C2(C)CCC2Cc2ccc(Oc3ccc(C(F)(F)F)cc3)nc2)c1Cl. The molecule has 34 heavy (non-hydrogen) atoms. The molecule has 2 atom stereocenters. The predicted molar refractivity (Wildman–Crippen MR) is 122 cm³/mol. The van der Waals surface area contributed by atoms with Gasteiger partial charge in [-0.15, -0.1) is 0 Å². The molecule has 2 unspecified atom stereocenters. The second-order valence-electron chi connectivity index (χ2n) is 8.90. The molecule has 2 heterocycles. The number of carbonyl (C=O) groups is 1. The number of ketones is 1. The third-order valence-electron chi connectivity index (χ3n) is 6.72. The summed E-state index contributed by atoms with van der Waals surface area (Å²) in [6.07, 6.45) is 0.313. The van der Waals surface area contributed by atoms with Crippen LogP contribution in [0.1, 0.15) is 54.0 Å². The van der Waals surface area contributed by atoms with E-state index in [0.29, 0.717) is 23.6 Å². The lowest BCUT2D eigenvalue weighted by Crippen LogP contribution is -2.46. The van der Waals surface area contributed by atoms with Crippen molar-refractivity contribution in [2.75, 3.05) is 0 Å². The van der Waals surface area contributed by atoms with E-state index in [2.05, 4.69) is 10.1 Å². The molecule has 0 aliphatic heterocycles. The van der Waals surface area contributed by atoms with Gasteiger partial charge in [-0.05, 0) is 61.4 Å². The van der Waals surface area contributed by atoms with Crippen LogP contribution in [0.5, 0.6) is 11.6 Å². The summed E-state index contributed by atoms with van der Waals surface area (Å²) in [5.74, 6) is 0.702. The highest BCUT2D eigenvalue weighted by atomic mass is 35.5. The molecule has 1 aliphatic rings. The minimum atomic E-state index is -4.39. The van der Waals surface area contributed by atoms with Gasteiger partial charge in [0.2, 0.25) is 5.88 Å². The number of hydrogen-bond acceptors (Lipinski definition) is 4. The first kappa shape index (κ1) is 24.3. The Bertz CT molecular complexity index is 1190. The molecule has 180 valence electrons. The smallest absolute Gasteiger partial charge is 0.416 e. The molecule has 1 aromatic carbocycles. The van der Waals surface area contributed by atoms with Gasteiger partial charge in [-0.1, -0.05) is 31.5 Å². The third-order valence-corrected chi connectivity index (χ3v) is 7.12. The van der Waals surface area contributed by atoms with Crippen LogP contribution in [0.25, 0.3) is 0 Å². The van der Waals surface area contributed by atoms with E-state index in [-0.39, 0.29) is 23.3 Å². The average Bonchev–Trinajstić information content (AvgIpc) is 3.09. The topological polar surface area (TPSA) is 57.0 Å². The maximum absolute atomic E-state index is 13.4. The summed E-state index contributed by atoms with van der Waals surface area (Å²) < 4.78 is 45.3. The fourth-order valence-corrected chi connectivity index (χ4v) is 4.79. The van der Waals surface area contributed by atoms with E-state index < -0.39 is 17.2 Å². The van der Waals surface area contributed by atoms with Crippen molar-refractivity contribution in [1.29, 1.82) is 0 Å². The van der Waals surface area contributed by atoms with Crippen molar-refractivity contribution in [1.82, 2.24) is 14.8 Å². The molecule has 5 nitrogen and oxygen atoms in total. The first-order chi connectivity index (χ1) is 16.0. The molecule has 1 fully saturated rings. The number of aromatic nitrogens is 3. The standard InChI is InChI=1S/C25H25ClF3N3O2/c1-4-19-21(26)22(32(3)31-19)23(33)24(2)12-11-17(24)13-15-5-10-20(30-14-15)34-18-8-6-16(7-9-18)25(27,28)29/h5-10,14,17H,4,11-13H2,1-3H3. The van der Waals surface area contributed by atoms with Crippen molar-refractivity contribution in [3.63, 3.8) is 0 Å². The van der Waals surface area contributed by atoms with E-state index in [4.69, 9.17) is 16.3 Å². The van der Waals surface area contributed by atoms with Crippen LogP contribution in [0, 0.1) is 11.3 Å². The van der Waals surface area contributed by atoms with Crippen LogP contribution in [0.4, 0.5) is 13.2 Å². The Labute approximate surface area is 200 Å². The van der Waals surface area contributed by atoms with Crippen LogP contribution in [0.3, 0.4) is 0 Å². The van der Waals surface area contributed by atoms with Crippen molar-refractivity contribution in [2.45, 2.75) is 45.7 Å². The van der Waals surface area contributed by atoms with Crippen LogP contribution in [0.15, 0.2) is 42.6 Å². The highest BCUT2D eigenvalue weighted by molar-refractivity contribution is 6.34. The van der Waals surface area contributed by atoms with Gasteiger partial charge >= 0.3 is 6.18 Å². The first-order valence-corrected chi connectivity index (χ1v) is 11.5. The Morgan fingerprint density at radius 1 is 1.24 bits per heavy atom. The van der Waals surface area contributed by atoms with Crippen molar-refractivity contribution >= 4 is 17.4 Å². The summed E-state index contributed by atoms with van der Waals surface area (Å²) in [5.41, 5.74) is 0.870. The van der Waals surface area contributed by atoms with Crippen molar-refractivity contribution in [3.8, 4) is 11.6 Å². The average molecular weight is 492 g/mol. The molecule has 3 aromatic rings. The Morgan fingerprint density at radius 3 is 2.44 bits per heavy atom. The molecule has 1 aliphatic carbocycles. The zero-order chi connectivity index (χ0) is 24.7. The Morgan fingerprint density at radius 2 is 1.94 bits per heavy atom. The first-order valence-electron chi connectivity index (χ1n) is 11.1. The van der Waals surface area contributed by atoms with E-state index >= 15 is 0 Å². The molecular formula is C25H25ClF3N3O2. The fourth-order valence-electron chi connectivity index (χ4n) is 4.41. The van der Waals surface area contributed by atoms with Crippen molar-refractivity contribution in [3.05, 3.63) is 70.1 Å². The maximum Gasteiger partial charge on any atom is 0.416 e. The summed E-state index contributed by atoms with van der Waals surface area (Å²) >= 11 is 6.45. The zero-order valence-corrected chi connectivity index (χ0v) is 19.9. The van der Waals surface area contributed by atoms with Gasteiger partial charge in [0, 0.05) is 24.7 Å². The predicted octanol–water partition coefficient (Wildman–Crippen LogP) is 6.68. The highest BCUT2D eigenvalue weighted by Crippen LogP contribution is 2.50. The minimum Gasteiger partial charge on any atom is -0.439 e. The summed E-state index contributed by atoms with van der Waals surface area (Å²) in [6, 6.07) is 8.00. The molecule has 0 spiro atoms. The Balaban J connectivity index is 1.42. The summed E-state index contributed by atoms with van der Waals surface area (Å²) in [5, 5.41) is 4.81. The van der Waals surface area contributed by atoms with Crippen molar-refractivity contribution < 1.29 is 22.7 Å². The summed E-state index contributed by atoms with van der Waals surface area (Å²) in [6.45, 7) is 3.93. The Hall–Kier alpha value is -2.87. The summed E-state index contributed by atoms with van der Waals surface area (Å²) in [7, 11) is 1.74. The number of pyridine rings is 1. The van der Waals surface area contributed by atoms with E-state index in [9.17, 15) is 18.0 Å². The number of carbonyl (C=O) groups excluding carboxylic acids is 1. The zero-order valence-electron chi connectivity index (χ0n) is 19.1. The molecule has 1 saturated carbocycles. The van der Waals surface area contributed by atoms with Gasteiger partial charge in [0.25, 0.3) is 0 Å².